The lowest BCUT2D eigenvalue weighted by molar-refractivity contribution is -0.145. The minimum atomic E-state index is -0.164. The summed E-state index contributed by atoms with van der Waals surface area (Å²) in [5.74, 6) is -0.205. The number of amides is 1. The minimum Gasteiger partial charge on any atom is -0.466 e. The van der Waals surface area contributed by atoms with Crippen LogP contribution in [0.1, 0.15) is 29.3 Å². The summed E-state index contributed by atoms with van der Waals surface area (Å²) in [7, 11) is 0. The highest BCUT2D eigenvalue weighted by Crippen LogP contribution is 2.40. The van der Waals surface area contributed by atoms with Gasteiger partial charge in [-0.05, 0) is 43.0 Å². The van der Waals surface area contributed by atoms with Crippen molar-refractivity contribution in [3.05, 3.63) is 60.2 Å². The fourth-order valence-corrected chi connectivity index (χ4v) is 2.87. The standard InChI is InChI=1S/C19H21N3O3/c1-2-25-19(24)17-9-16(17)13-22(12-14-5-3-7-20-10-14)18(23)15-6-4-8-21-11-15/h3-8,10-11,16-17H,2,9,12-13H2,1H3/t16-,17+/m1/s1. The van der Waals surface area contributed by atoms with Crippen molar-refractivity contribution in [2.45, 2.75) is 19.9 Å². The lowest BCUT2D eigenvalue weighted by Gasteiger charge is -2.23. The molecule has 6 nitrogen and oxygen atoms in total. The van der Waals surface area contributed by atoms with E-state index in [-0.39, 0.29) is 23.7 Å². The molecule has 0 radical (unpaired) electrons. The normalized spacial score (nSPS) is 18.4. The molecule has 2 heterocycles. The van der Waals surface area contributed by atoms with E-state index in [1.807, 2.05) is 12.1 Å². The highest BCUT2D eigenvalue weighted by molar-refractivity contribution is 5.94. The van der Waals surface area contributed by atoms with Gasteiger partial charge in [-0.2, -0.15) is 0 Å². The molecule has 3 rings (SSSR count). The molecular weight excluding hydrogens is 318 g/mol. The average molecular weight is 339 g/mol. The first-order valence-corrected chi connectivity index (χ1v) is 8.44. The smallest absolute Gasteiger partial charge is 0.309 e. The van der Waals surface area contributed by atoms with E-state index in [1.165, 1.54) is 0 Å². The molecule has 1 aliphatic carbocycles. The van der Waals surface area contributed by atoms with Crippen molar-refractivity contribution >= 4 is 11.9 Å². The zero-order valence-corrected chi connectivity index (χ0v) is 14.2. The predicted octanol–water partition coefficient (Wildman–Crippen LogP) is 2.32. The van der Waals surface area contributed by atoms with Crippen LogP contribution in [-0.4, -0.2) is 39.9 Å². The molecular formula is C19H21N3O3. The van der Waals surface area contributed by atoms with Crippen LogP contribution in [0.25, 0.3) is 0 Å². The fraction of sp³-hybridized carbons (Fsp3) is 0.368. The maximum Gasteiger partial charge on any atom is 0.309 e. The molecule has 1 aliphatic rings. The Hall–Kier alpha value is -2.76. The van der Waals surface area contributed by atoms with Gasteiger partial charge >= 0.3 is 5.97 Å². The van der Waals surface area contributed by atoms with Crippen molar-refractivity contribution in [3.8, 4) is 0 Å². The van der Waals surface area contributed by atoms with Gasteiger partial charge < -0.3 is 9.64 Å². The van der Waals surface area contributed by atoms with Crippen LogP contribution in [0.3, 0.4) is 0 Å². The van der Waals surface area contributed by atoms with Crippen molar-refractivity contribution in [2.75, 3.05) is 13.2 Å². The number of aromatic nitrogens is 2. The summed E-state index contributed by atoms with van der Waals surface area (Å²) in [6.45, 7) is 3.16. The quantitative estimate of drug-likeness (QED) is 0.724. The third-order valence-corrected chi connectivity index (χ3v) is 4.26. The Morgan fingerprint density at radius 2 is 1.96 bits per heavy atom. The van der Waals surface area contributed by atoms with Crippen molar-refractivity contribution in [3.63, 3.8) is 0 Å². The van der Waals surface area contributed by atoms with Crippen molar-refractivity contribution in [1.29, 1.82) is 0 Å². The highest BCUT2D eigenvalue weighted by Gasteiger charge is 2.45. The molecule has 2 aromatic heterocycles. The molecule has 0 spiro atoms. The number of rotatable bonds is 7. The molecule has 1 saturated carbocycles. The summed E-state index contributed by atoms with van der Waals surface area (Å²) in [4.78, 5) is 34.6. The van der Waals surface area contributed by atoms with Crippen LogP contribution in [0, 0.1) is 11.8 Å². The van der Waals surface area contributed by atoms with Gasteiger partial charge in [-0.15, -0.1) is 0 Å². The maximum atomic E-state index is 12.9. The Labute approximate surface area is 146 Å². The summed E-state index contributed by atoms with van der Waals surface area (Å²) in [5, 5.41) is 0. The maximum absolute atomic E-state index is 12.9. The van der Waals surface area contributed by atoms with Gasteiger partial charge in [0.2, 0.25) is 0 Å². The molecule has 0 aromatic carbocycles. The lowest BCUT2D eigenvalue weighted by Crippen LogP contribution is -2.33. The van der Waals surface area contributed by atoms with Crippen molar-refractivity contribution < 1.29 is 14.3 Å². The molecule has 1 amide bonds. The first kappa shape index (κ1) is 17.1. The molecule has 0 saturated heterocycles. The molecule has 0 N–H and O–H groups in total. The number of hydrogen-bond acceptors (Lipinski definition) is 5. The monoisotopic (exact) mass is 339 g/mol. The van der Waals surface area contributed by atoms with Gasteiger partial charge in [-0.1, -0.05) is 6.07 Å². The van der Waals surface area contributed by atoms with Gasteiger partial charge in [-0.3, -0.25) is 19.6 Å². The SMILES string of the molecule is CCOC(=O)[C@H]1C[C@@H]1CN(Cc1cccnc1)C(=O)c1cccnc1. The van der Waals surface area contributed by atoms with E-state index in [1.54, 1.807) is 48.7 Å². The molecule has 0 unspecified atom stereocenters. The van der Waals surface area contributed by atoms with Crippen LogP contribution in [-0.2, 0) is 16.1 Å². The summed E-state index contributed by atoms with van der Waals surface area (Å²) >= 11 is 0. The van der Waals surface area contributed by atoms with Gasteiger partial charge in [-0.25, -0.2) is 0 Å². The Morgan fingerprint density at radius 1 is 1.20 bits per heavy atom. The third kappa shape index (κ3) is 4.41. The van der Waals surface area contributed by atoms with E-state index in [0.717, 1.165) is 12.0 Å². The molecule has 0 bridgehead atoms. The number of nitrogens with zero attached hydrogens (tertiary/aromatic N) is 3. The van der Waals surface area contributed by atoms with Crippen molar-refractivity contribution in [2.24, 2.45) is 11.8 Å². The largest absolute Gasteiger partial charge is 0.466 e. The molecule has 25 heavy (non-hydrogen) atoms. The van der Waals surface area contributed by atoms with Crippen LogP contribution >= 0.6 is 0 Å². The first-order chi connectivity index (χ1) is 12.2. The van der Waals surface area contributed by atoms with Crippen LogP contribution in [0.2, 0.25) is 0 Å². The Kier molecular flexibility index (Phi) is 5.38. The average Bonchev–Trinajstić information content (AvgIpc) is 3.42. The molecule has 2 aromatic rings. The number of pyridine rings is 2. The van der Waals surface area contributed by atoms with Gasteiger partial charge in [0.05, 0.1) is 18.1 Å². The zero-order chi connectivity index (χ0) is 17.6. The number of ether oxygens (including phenoxy) is 1. The summed E-state index contributed by atoms with van der Waals surface area (Å²) in [5.41, 5.74) is 1.49. The van der Waals surface area contributed by atoms with Gasteiger partial charge in [0, 0.05) is 37.9 Å². The molecule has 6 heteroatoms. The van der Waals surface area contributed by atoms with Crippen LogP contribution in [0.15, 0.2) is 49.1 Å². The molecule has 0 aliphatic heterocycles. The van der Waals surface area contributed by atoms with E-state index < -0.39 is 0 Å². The van der Waals surface area contributed by atoms with E-state index >= 15 is 0 Å². The molecule has 2 atom stereocenters. The number of esters is 1. The van der Waals surface area contributed by atoms with Crippen LogP contribution in [0.5, 0.6) is 0 Å². The van der Waals surface area contributed by atoms with Gasteiger partial charge in [0.1, 0.15) is 0 Å². The predicted molar refractivity (Wildman–Crippen MR) is 91.4 cm³/mol. The van der Waals surface area contributed by atoms with E-state index in [4.69, 9.17) is 4.74 Å². The summed E-state index contributed by atoms with van der Waals surface area (Å²) in [6.07, 6.45) is 7.42. The fourth-order valence-electron chi connectivity index (χ4n) is 2.87. The zero-order valence-electron chi connectivity index (χ0n) is 14.2. The number of carbonyl (C=O) groups is 2. The van der Waals surface area contributed by atoms with E-state index in [9.17, 15) is 9.59 Å². The molecule has 130 valence electrons. The third-order valence-electron chi connectivity index (χ3n) is 4.26. The second-order valence-electron chi connectivity index (χ2n) is 6.14. The van der Waals surface area contributed by atoms with E-state index in [0.29, 0.717) is 25.3 Å². The summed E-state index contributed by atoms with van der Waals surface area (Å²) < 4.78 is 5.08. The molecule has 1 fully saturated rings. The second kappa shape index (κ2) is 7.88. The Morgan fingerprint density at radius 3 is 2.60 bits per heavy atom. The Balaban J connectivity index is 1.71. The Bertz CT molecular complexity index is 721. The second-order valence-corrected chi connectivity index (χ2v) is 6.14. The number of hydrogen-bond donors (Lipinski definition) is 0. The van der Waals surface area contributed by atoms with Gasteiger partial charge in [0.25, 0.3) is 5.91 Å². The highest BCUT2D eigenvalue weighted by atomic mass is 16.5. The lowest BCUT2D eigenvalue weighted by atomic mass is 10.2. The van der Waals surface area contributed by atoms with Gasteiger partial charge in [0.15, 0.2) is 0 Å². The van der Waals surface area contributed by atoms with Crippen molar-refractivity contribution in [1.82, 2.24) is 14.9 Å². The van der Waals surface area contributed by atoms with Crippen LogP contribution < -0.4 is 0 Å². The number of carbonyl (C=O) groups excluding carboxylic acids is 2. The summed E-state index contributed by atoms with van der Waals surface area (Å²) in [6, 6.07) is 7.28. The first-order valence-electron chi connectivity index (χ1n) is 8.44. The topological polar surface area (TPSA) is 72.4 Å². The van der Waals surface area contributed by atoms with Crippen LogP contribution in [0.4, 0.5) is 0 Å². The van der Waals surface area contributed by atoms with E-state index in [2.05, 4.69) is 9.97 Å². The minimum absolute atomic E-state index is 0.0912.